The minimum Gasteiger partial charge on any atom is -0.358 e. The molecule has 7 heteroatoms. The van der Waals surface area contributed by atoms with Crippen LogP contribution in [0.15, 0.2) is 48.9 Å². The van der Waals surface area contributed by atoms with Gasteiger partial charge in [0.1, 0.15) is 5.82 Å². The quantitative estimate of drug-likeness (QED) is 0.569. The molecule has 3 aromatic rings. The number of aromatic nitrogens is 2. The SMILES string of the molecule is O=C(Cc1cccnc1)c1cc(C(=O)c2c(F)ccc(F)c2F)c[nH]1. The second-order valence-electron chi connectivity index (χ2n) is 5.31. The molecule has 3 rings (SSSR count). The summed E-state index contributed by atoms with van der Waals surface area (Å²) in [5.41, 5.74) is -0.357. The molecule has 0 atom stereocenters. The number of ketones is 2. The normalized spacial score (nSPS) is 10.7. The van der Waals surface area contributed by atoms with Crippen LogP contribution in [0.25, 0.3) is 0 Å². The number of carbonyl (C=O) groups excluding carboxylic acids is 2. The second-order valence-corrected chi connectivity index (χ2v) is 5.31. The molecule has 2 aromatic heterocycles. The lowest BCUT2D eigenvalue weighted by molar-refractivity contribution is 0.0988. The number of halogens is 3. The summed E-state index contributed by atoms with van der Waals surface area (Å²) < 4.78 is 40.7. The zero-order valence-corrected chi connectivity index (χ0v) is 12.7. The van der Waals surface area contributed by atoms with Crippen LogP contribution >= 0.6 is 0 Å². The fourth-order valence-corrected chi connectivity index (χ4v) is 2.35. The first-order valence-corrected chi connectivity index (χ1v) is 7.26. The minimum atomic E-state index is -1.56. The Morgan fingerprint density at radius 1 is 1.08 bits per heavy atom. The fraction of sp³-hybridized carbons (Fsp3) is 0.0556. The molecule has 1 N–H and O–H groups in total. The molecular weight excluding hydrogens is 333 g/mol. The van der Waals surface area contributed by atoms with Crippen LogP contribution in [0.4, 0.5) is 13.2 Å². The van der Waals surface area contributed by atoms with Crippen molar-refractivity contribution in [2.24, 2.45) is 0 Å². The Morgan fingerprint density at radius 3 is 2.56 bits per heavy atom. The standard InChI is InChI=1S/C18H11F3N2O2/c19-12-3-4-13(20)17(21)16(12)18(25)11-7-14(23-9-11)15(24)6-10-2-1-5-22-8-10/h1-5,7-9,23H,6H2. The third kappa shape index (κ3) is 3.35. The van der Waals surface area contributed by atoms with Gasteiger partial charge in [-0.1, -0.05) is 6.07 Å². The van der Waals surface area contributed by atoms with Crippen LogP contribution in [-0.2, 0) is 6.42 Å². The van der Waals surface area contributed by atoms with Crippen molar-refractivity contribution in [3.8, 4) is 0 Å². The highest BCUT2D eigenvalue weighted by Gasteiger charge is 2.23. The van der Waals surface area contributed by atoms with E-state index in [2.05, 4.69) is 9.97 Å². The zero-order chi connectivity index (χ0) is 18.0. The molecule has 0 aliphatic rings. The first-order chi connectivity index (χ1) is 12.0. The van der Waals surface area contributed by atoms with E-state index in [4.69, 9.17) is 0 Å². The molecule has 0 amide bonds. The Labute approximate surface area is 140 Å². The summed E-state index contributed by atoms with van der Waals surface area (Å²) in [6, 6.07) is 5.86. The average molecular weight is 344 g/mol. The van der Waals surface area contributed by atoms with Crippen LogP contribution in [0.1, 0.15) is 32.0 Å². The van der Waals surface area contributed by atoms with Crippen molar-refractivity contribution in [2.45, 2.75) is 6.42 Å². The maximum Gasteiger partial charge on any atom is 0.200 e. The van der Waals surface area contributed by atoms with Gasteiger partial charge >= 0.3 is 0 Å². The molecule has 0 spiro atoms. The molecule has 25 heavy (non-hydrogen) atoms. The molecule has 0 unspecified atom stereocenters. The average Bonchev–Trinajstić information content (AvgIpc) is 3.09. The topological polar surface area (TPSA) is 62.8 Å². The van der Waals surface area contributed by atoms with E-state index in [0.717, 1.165) is 6.20 Å². The molecule has 0 saturated carbocycles. The zero-order valence-electron chi connectivity index (χ0n) is 12.7. The lowest BCUT2D eigenvalue weighted by Gasteiger charge is -2.03. The van der Waals surface area contributed by atoms with E-state index in [1.54, 1.807) is 18.3 Å². The summed E-state index contributed by atoms with van der Waals surface area (Å²) in [4.78, 5) is 30.9. The Hall–Kier alpha value is -3.22. The summed E-state index contributed by atoms with van der Waals surface area (Å²) >= 11 is 0. The Morgan fingerprint density at radius 2 is 1.84 bits per heavy atom. The van der Waals surface area contributed by atoms with Gasteiger partial charge in [-0.15, -0.1) is 0 Å². The van der Waals surface area contributed by atoms with Crippen LogP contribution in [0.5, 0.6) is 0 Å². The summed E-state index contributed by atoms with van der Waals surface area (Å²) in [6.45, 7) is 0. The largest absolute Gasteiger partial charge is 0.358 e. The maximum atomic E-state index is 13.7. The van der Waals surface area contributed by atoms with Gasteiger partial charge < -0.3 is 4.98 Å². The third-order valence-electron chi connectivity index (χ3n) is 3.60. The van der Waals surface area contributed by atoms with Gasteiger partial charge in [-0.25, -0.2) is 13.2 Å². The molecule has 0 bridgehead atoms. The lowest BCUT2D eigenvalue weighted by atomic mass is 10.0. The molecule has 0 radical (unpaired) electrons. The Kier molecular flexibility index (Phi) is 4.47. The van der Waals surface area contributed by atoms with Crippen LogP contribution < -0.4 is 0 Å². The Balaban J connectivity index is 1.85. The molecule has 1 aromatic carbocycles. The number of aromatic amines is 1. The van der Waals surface area contributed by atoms with E-state index in [9.17, 15) is 22.8 Å². The number of rotatable bonds is 5. The number of Topliss-reactive ketones (excluding diaryl/α,β-unsaturated/α-hetero) is 1. The van der Waals surface area contributed by atoms with E-state index < -0.39 is 28.8 Å². The van der Waals surface area contributed by atoms with E-state index in [0.29, 0.717) is 17.7 Å². The van der Waals surface area contributed by atoms with E-state index in [1.165, 1.54) is 12.3 Å². The van der Waals surface area contributed by atoms with Gasteiger partial charge in [0, 0.05) is 30.6 Å². The number of pyridine rings is 1. The smallest absolute Gasteiger partial charge is 0.200 e. The number of nitrogens with zero attached hydrogens (tertiary/aromatic N) is 1. The van der Waals surface area contributed by atoms with Gasteiger partial charge in [0.05, 0.1) is 11.3 Å². The molecule has 0 aliphatic heterocycles. The van der Waals surface area contributed by atoms with Crippen molar-refractivity contribution in [3.63, 3.8) is 0 Å². The molecule has 4 nitrogen and oxygen atoms in total. The van der Waals surface area contributed by atoms with Gasteiger partial charge in [0.25, 0.3) is 0 Å². The van der Waals surface area contributed by atoms with Crippen LogP contribution in [0, 0.1) is 17.5 Å². The van der Waals surface area contributed by atoms with Crippen molar-refractivity contribution < 1.29 is 22.8 Å². The van der Waals surface area contributed by atoms with Crippen molar-refractivity contribution in [1.82, 2.24) is 9.97 Å². The van der Waals surface area contributed by atoms with E-state index in [1.807, 2.05) is 0 Å². The van der Waals surface area contributed by atoms with Crippen molar-refractivity contribution >= 4 is 11.6 Å². The highest BCUT2D eigenvalue weighted by Crippen LogP contribution is 2.20. The third-order valence-corrected chi connectivity index (χ3v) is 3.60. The summed E-state index contributed by atoms with van der Waals surface area (Å²) in [6.07, 6.45) is 4.30. The van der Waals surface area contributed by atoms with Crippen molar-refractivity contribution in [2.75, 3.05) is 0 Å². The number of carbonyl (C=O) groups is 2. The highest BCUT2D eigenvalue weighted by molar-refractivity contribution is 6.10. The van der Waals surface area contributed by atoms with Crippen LogP contribution in [0.3, 0.4) is 0 Å². The molecule has 126 valence electrons. The first kappa shape index (κ1) is 16.6. The monoisotopic (exact) mass is 344 g/mol. The number of nitrogens with one attached hydrogen (secondary N) is 1. The highest BCUT2D eigenvalue weighted by atomic mass is 19.2. The van der Waals surface area contributed by atoms with Gasteiger partial charge in [-0.05, 0) is 29.8 Å². The number of H-pyrrole nitrogens is 1. The molecule has 2 heterocycles. The molecule has 0 saturated heterocycles. The van der Waals surface area contributed by atoms with Crippen LogP contribution in [0.2, 0.25) is 0 Å². The van der Waals surface area contributed by atoms with Gasteiger partial charge in [-0.2, -0.15) is 0 Å². The number of benzene rings is 1. The molecule has 0 fully saturated rings. The summed E-state index contributed by atoms with van der Waals surface area (Å²) in [7, 11) is 0. The summed E-state index contributed by atoms with van der Waals surface area (Å²) in [5.74, 6) is -5.44. The predicted octanol–water partition coefficient (Wildman–Crippen LogP) is 3.48. The maximum absolute atomic E-state index is 13.7. The van der Waals surface area contributed by atoms with E-state index in [-0.39, 0.29) is 23.5 Å². The number of hydrogen-bond donors (Lipinski definition) is 1. The van der Waals surface area contributed by atoms with Crippen LogP contribution in [-0.4, -0.2) is 21.5 Å². The number of hydrogen-bond acceptors (Lipinski definition) is 3. The Bertz CT molecular complexity index is 952. The van der Waals surface area contributed by atoms with Crippen molar-refractivity contribution in [3.05, 3.63) is 88.8 Å². The first-order valence-electron chi connectivity index (χ1n) is 7.26. The predicted molar refractivity (Wildman–Crippen MR) is 82.8 cm³/mol. The minimum absolute atomic E-state index is 0.0463. The van der Waals surface area contributed by atoms with Gasteiger partial charge in [-0.3, -0.25) is 14.6 Å². The molecular formula is C18H11F3N2O2. The van der Waals surface area contributed by atoms with Gasteiger partial charge in [0.15, 0.2) is 17.4 Å². The summed E-state index contributed by atoms with van der Waals surface area (Å²) in [5, 5.41) is 0. The van der Waals surface area contributed by atoms with Gasteiger partial charge in [0.2, 0.25) is 5.78 Å². The lowest BCUT2D eigenvalue weighted by Crippen LogP contribution is -2.08. The second kappa shape index (κ2) is 6.72. The van der Waals surface area contributed by atoms with E-state index >= 15 is 0 Å². The fourth-order valence-electron chi connectivity index (χ4n) is 2.35. The van der Waals surface area contributed by atoms with Crippen molar-refractivity contribution in [1.29, 1.82) is 0 Å². The molecule has 0 aliphatic carbocycles.